The van der Waals surface area contributed by atoms with Crippen molar-refractivity contribution in [1.82, 2.24) is 4.57 Å². The van der Waals surface area contributed by atoms with Crippen molar-refractivity contribution >= 4 is 5.91 Å². The topological polar surface area (TPSA) is 22.0 Å². The van der Waals surface area contributed by atoms with E-state index in [4.69, 9.17) is 0 Å². The van der Waals surface area contributed by atoms with Crippen molar-refractivity contribution in [3.8, 4) is 22.5 Å². The van der Waals surface area contributed by atoms with Gasteiger partial charge < -0.3 is 0 Å². The molecule has 0 amide bonds. The van der Waals surface area contributed by atoms with E-state index >= 15 is 0 Å². The number of rotatable bonds is 2. The second-order valence-electron chi connectivity index (χ2n) is 6.73. The molecule has 0 aliphatic heterocycles. The molecule has 2 heteroatoms. The average molecular weight is 303 g/mol. The SMILES string of the molecule is CC(C)(C)C(=O)n1c(-c2ccccc2)ccc1-c1ccccc1. The van der Waals surface area contributed by atoms with Crippen LogP contribution in [0.2, 0.25) is 0 Å². The zero-order valence-corrected chi connectivity index (χ0v) is 13.8. The van der Waals surface area contributed by atoms with Crippen molar-refractivity contribution < 1.29 is 4.79 Å². The normalized spacial score (nSPS) is 11.4. The molecule has 0 spiro atoms. The van der Waals surface area contributed by atoms with Gasteiger partial charge in [-0.05, 0) is 23.3 Å². The highest BCUT2D eigenvalue weighted by Gasteiger charge is 2.27. The lowest BCUT2D eigenvalue weighted by Gasteiger charge is -2.21. The van der Waals surface area contributed by atoms with Gasteiger partial charge in [0.25, 0.3) is 0 Å². The third-order valence-electron chi connectivity index (χ3n) is 3.86. The maximum atomic E-state index is 13.1. The van der Waals surface area contributed by atoms with Crippen LogP contribution in [0.15, 0.2) is 72.8 Å². The molecule has 2 aromatic carbocycles. The molecule has 1 heterocycles. The molecule has 3 rings (SSSR count). The van der Waals surface area contributed by atoms with Gasteiger partial charge in [-0.3, -0.25) is 9.36 Å². The largest absolute Gasteiger partial charge is 0.279 e. The Morgan fingerprint density at radius 3 is 1.43 bits per heavy atom. The van der Waals surface area contributed by atoms with Crippen LogP contribution in [-0.2, 0) is 0 Å². The minimum atomic E-state index is -0.452. The van der Waals surface area contributed by atoms with Crippen molar-refractivity contribution in [2.24, 2.45) is 5.41 Å². The molecular formula is C21H21NO. The van der Waals surface area contributed by atoms with Gasteiger partial charge >= 0.3 is 0 Å². The van der Waals surface area contributed by atoms with Crippen LogP contribution in [0.5, 0.6) is 0 Å². The van der Waals surface area contributed by atoms with Crippen LogP contribution in [-0.4, -0.2) is 10.5 Å². The monoisotopic (exact) mass is 303 g/mol. The Bertz CT molecular complexity index is 751. The van der Waals surface area contributed by atoms with Crippen LogP contribution in [0.3, 0.4) is 0 Å². The molecule has 3 aromatic rings. The minimum Gasteiger partial charge on any atom is -0.279 e. The number of aromatic nitrogens is 1. The second kappa shape index (κ2) is 5.88. The Labute approximate surface area is 137 Å². The Morgan fingerprint density at radius 2 is 1.09 bits per heavy atom. The fourth-order valence-corrected chi connectivity index (χ4v) is 2.66. The summed E-state index contributed by atoms with van der Waals surface area (Å²) in [6.07, 6.45) is 0. The molecule has 0 atom stereocenters. The lowest BCUT2D eigenvalue weighted by Crippen LogP contribution is -2.27. The van der Waals surface area contributed by atoms with Crippen molar-refractivity contribution in [2.45, 2.75) is 20.8 Å². The summed E-state index contributed by atoms with van der Waals surface area (Å²) in [5.41, 5.74) is 3.51. The van der Waals surface area contributed by atoms with E-state index in [0.717, 1.165) is 22.5 Å². The van der Waals surface area contributed by atoms with Crippen LogP contribution >= 0.6 is 0 Å². The number of carbonyl (C=O) groups excluding carboxylic acids is 1. The number of nitrogens with zero attached hydrogens (tertiary/aromatic N) is 1. The molecule has 1 aromatic heterocycles. The first-order valence-corrected chi connectivity index (χ1v) is 7.86. The van der Waals surface area contributed by atoms with Crippen LogP contribution < -0.4 is 0 Å². The predicted octanol–water partition coefficient (Wildman–Crippen LogP) is 5.51. The summed E-state index contributed by atoms with van der Waals surface area (Å²) < 4.78 is 1.85. The summed E-state index contributed by atoms with van der Waals surface area (Å²) in [7, 11) is 0. The van der Waals surface area contributed by atoms with Gasteiger partial charge in [0.1, 0.15) is 0 Å². The summed E-state index contributed by atoms with van der Waals surface area (Å²) in [4.78, 5) is 13.1. The van der Waals surface area contributed by atoms with Crippen molar-refractivity contribution in [3.63, 3.8) is 0 Å². The highest BCUT2D eigenvalue weighted by molar-refractivity contribution is 5.93. The zero-order chi connectivity index (χ0) is 16.4. The molecule has 0 N–H and O–H groups in total. The number of carbonyl (C=O) groups is 1. The summed E-state index contributed by atoms with van der Waals surface area (Å²) >= 11 is 0. The van der Waals surface area contributed by atoms with E-state index in [1.807, 2.05) is 98.1 Å². The molecule has 2 nitrogen and oxygen atoms in total. The van der Waals surface area contributed by atoms with Gasteiger partial charge in [0.05, 0.1) is 11.4 Å². The van der Waals surface area contributed by atoms with Gasteiger partial charge in [-0.2, -0.15) is 0 Å². The van der Waals surface area contributed by atoms with Gasteiger partial charge in [-0.25, -0.2) is 0 Å². The maximum absolute atomic E-state index is 13.1. The van der Waals surface area contributed by atoms with Crippen LogP contribution in [0.25, 0.3) is 22.5 Å². The minimum absolute atomic E-state index is 0.0974. The fraction of sp³-hybridized carbons (Fsp3) is 0.190. The Morgan fingerprint density at radius 1 is 0.696 bits per heavy atom. The molecule has 0 bridgehead atoms. The number of benzene rings is 2. The molecule has 0 fully saturated rings. The van der Waals surface area contributed by atoms with Gasteiger partial charge in [-0.1, -0.05) is 81.4 Å². The van der Waals surface area contributed by atoms with Gasteiger partial charge in [-0.15, -0.1) is 0 Å². The summed E-state index contributed by atoms with van der Waals surface area (Å²) in [6.45, 7) is 5.87. The third-order valence-corrected chi connectivity index (χ3v) is 3.86. The van der Waals surface area contributed by atoms with Gasteiger partial charge in [0.15, 0.2) is 0 Å². The second-order valence-corrected chi connectivity index (χ2v) is 6.73. The maximum Gasteiger partial charge on any atom is 0.236 e. The van der Waals surface area contributed by atoms with E-state index < -0.39 is 5.41 Å². The highest BCUT2D eigenvalue weighted by Crippen LogP contribution is 2.32. The summed E-state index contributed by atoms with van der Waals surface area (Å²) in [6, 6.07) is 24.2. The smallest absolute Gasteiger partial charge is 0.236 e. The molecule has 23 heavy (non-hydrogen) atoms. The van der Waals surface area contributed by atoms with Crippen molar-refractivity contribution in [1.29, 1.82) is 0 Å². The molecule has 0 saturated heterocycles. The molecule has 0 saturated carbocycles. The Balaban J connectivity index is 2.23. The lowest BCUT2D eigenvalue weighted by atomic mass is 9.95. The van der Waals surface area contributed by atoms with Crippen LogP contribution in [0.1, 0.15) is 25.6 Å². The molecule has 116 valence electrons. The fourth-order valence-electron chi connectivity index (χ4n) is 2.66. The lowest BCUT2D eigenvalue weighted by molar-refractivity contribution is 0.0771. The van der Waals surface area contributed by atoms with Crippen LogP contribution in [0.4, 0.5) is 0 Å². The van der Waals surface area contributed by atoms with E-state index in [-0.39, 0.29) is 5.91 Å². The number of hydrogen-bond acceptors (Lipinski definition) is 1. The zero-order valence-electron chi connectivity index (χ0n) is 13.8. The van der Waals surface area contributed by atoms with Gasteiger partial charge in [0.2, 0.25) is 5.91 Å². The van der Waals surface area contributed by atoms with E-state index in [2.05, 4.69) is 0 Å². The van der Waals surface area contributed by atoms with Crippen molar-refractivity contribution in [3.05, 3.63) is 72.8 Å². The molecule has 0 unspecified atom stereocenters. The molecular weight excluding hydrogens is 282 g/mol. The molecule has 0 aliphatic carbocycles. The van der Waals surface area contributed by atoms with Crippen molar-refractivity contribution in [2.75, 3.05) is 0 Å². The average Bonchev–Trinajstić information content (AvgIpc) is 2.99. The Hall–Kier alpha value is -2.61. The first-order chi connectivity index (χ1) is 11.0. The van der Waals surface area contributed by atoms with E-state index in [1.165, 1.54) is 0 Å². The van der Waals surface area contributed by atoms with Gasteiger partial charge in [0, 0.05) is 5.41 Å². The molecule has 0 radical (unpaired) electrons. The summed E-state index contributed by atoms with van der Waals surface area (Å²) in [5.74, 6) is 0.0974. The predicted molar refractivity (Wildman–Crippen MR) is 95.4 cm³/mol. The molecule has 0 aliphatic rings. The highest BCUT2D eigenvalue weighted by atomic mass is 16.2. The van der Waals surface area contributed by atoms with E-state index in [1.54, 1.807) is 0 Å². The third kappa shape index (κ3) is 2.98. The van der Waals surface area contributed by atoms with E-state index in [0.29, 0.717) is 0 Å². The summed E-state index contributed by atoms with van der Waals surface area (Å²) in [5, 5.41) is 0. The van der Waals surface area contributed by atoms with Crippen LogP contribution in [0, 0.1) is 5.41 Å². The first kappa shape index (κ1) is 15.3. The Kier molecular flexibility index (Phi) is 3.91. The quantitative estimate of drug-likeness (QED) is 0.612. The van der Waals surface area contributed by atoms with E-state index in [9.17, 15) is 4.79 Å². The number of hydrogen-bond donors (Lipinski definition) is 0. The standard InChI is InChI=1S/C21H21NO/c1-21(2,3)20(23)22-18(16-10-6-4-7-11-16)14-15-19(22)17-12-8-5-9-13-17/h4-15H,1-3H3. The first-order valence-electron chi connectivity index (χ1n) is 7.86.